The quantitative estimate of drug-likeness (QED) is 0.893. The van der Waals surface area contributed by atoms with Crippen molar-refractivity contribution in [3.8, 4) is 6.07 Å². The monoisotopic (exact) mass is 334 g/mol. The average Bonchev–Trinajstić information content (AvgIpc) is 2.42. The number of carbonyl (C=O) groups is 1. The number of nitrogens with one attached hydrogen (secondary N) is 1. The number of anilines is 1. The van der Waals surface area contributed by atoms with E-state index in [-0.39, 0.29) is 5.91 Å². The molecule has 1 N–H and O–H groups in total. The Morgan fingerprint density at radius 2 is 1.89 bits per heavy atom. The molecule has 3 nitrogen and oxygen atoms in total. The minimum absolute atomic E-state index is 0.274. The molecule has 0 bridgehead atoms. The minimum Gasteiger partial charge on any atom is -0.321 e. The summed E-state index contributed by atoms with van der Waals surface area (Å²) in [4.78, 5) is 12.0. The second kappa shape index (κ2) is 5.87. The number of hydrogen-bond acceptors (Lipinski definition) is 2. The predicted molar refractivity (Wildman–Crippen MR) is 78.3 cm³/mol. The second-order valence-electron chi connectivity index (χ2n) is 3.77. The van der Waals surface area contributed by atoms with E-state index in [9.17, 15) is 4.79 Å². The SMILES string of the molecule is N#Cc1ccc(Cl)c(NC(=O)c2ccc(Br)cc2)c1. The number of amides is 1. The Balaban J connectivity index is 2.24. The molecular formula is C14H8BrClN2O. The highest BCUT2D eigenvalue weighted by Gasteiger charge is 2.09. The van der Waals surface area contributed by atoms with Gasteiger partial charge >= 0.3 is 0 Å². The Kier molecular flexibility index (Phi) is 4.20. The summed E-state index contributed by atoms with van der Waals surface area (Å²) >= 11 is 9.28. The van der Waals surface area contributed by atoms with Gasteiger partial charge in [-0.1, -0.05) is 27.5 Å². The first-order valence-electron chi connectivity index (χ1n) is 5.37. The summed E-state index contributed by atoms with van der Waals surface area (Å²) < 4.78 is 0.897. The van der Waals surface area contributed by atoms with Crippen LogP contribution in [0.1, 0.15) is 15.9 Å². The van der Waals surface area contributed by atoms with Gasteiger partial charge in [-0.2, -0.15) is 5.26 Å². The van der Waals surface area contributed by atoms with E-state index in [4.69, 9.17) is 16.9 Å². The summed E-state index contributed by atoms with van der Waals surface area (Å²) in [6.45, 7) is 0. The van der Waals surface area contributed by atoms with Gasteiger partial charge in [0.1, 0.15) is 0 Å². The number of nitrogens with zero attached hydrogens (tertiary/aromatic N) is 1. The third-order valence-corrected chi connectivity index (χ3v) is 3.31. The lowest BCUT2D eigenvalue weighted by Crippen LogP contribution is -2.12. The van der Waals surface area contributed by atoms with Crippen molar-refractivity contribution < 1.29 is 4.79 Å². The van der Waals surface area contributed by atoms with E-state index in [1.165, 1.54) is 0 Å². The van der Waals surface area contributed by atoms with E-state index in [1.807, 2.05) is 6.07 Å². The van der Waals surface area contributed by atoms with Crippen LogP contribution in [-0.4, -0.2) is 5.91 Å². The van der Waals surface area contributed by atoms with E-state index < -0.39 is 0 Å². The number of benzene rings is 2. The van der Waals surface area contributed by atoms with Gasteiger partial charge in [0.05, 0.1) is 22.3 Å². The first-order valence-corrected chi connectivity index (χ1v) is 6.54. The Hall–Kier alpha value is -1.83. The number of rotatable bonds is 2. The molecule has 19 heavy (non-hydrogen) atoms. The lowest BCUT2D eigenvalue weighted by atomic mass is 10.2. The largest absolute Gasteiger partial charge is 0.321 e. The number of halogens is 2. The molecular weight excluding hydrogens is 328 g/mol. The van der Waals surface area contributed by atoms with Gasteiger partial charge in [0.15, 0.2) is 0 Å². The van der Waals surface area contributed by atoms with Crippen LogP contribution in [0.2, 0.25) is 5.02 Å². The minimum atomic E-state index is -0.274. The van der Waals surface area contributed by atoms with Crippen molar-refractivity contribution in [3.05, 3.63) is 63.1 Å². The van der Waals surface area contributed by atoms with Crippen LogP contribution in [0, 0.1) is 11.3 Å². The van der Waals surface area contributed by atoms with Gasteiger partial charge in [-0.3, -0.25) is 4.79 Å². The molecule has 5 heteroatoms. The molecule has 0 atom stereocenters. The molecule has 0 saturated heterocycles. The molecule has 0 aliphatic heterocycles. The summed E-state index contributed by atoms with van der Waals surface area (Å²) in [7, 11) is 0. The van der Waals surface area contributed by atoms with Gasteiger partial charge in [0.25, 0.3) is 5.91 Å². The molecule has 2 aromatic rings. The van der Waals surface area contributed by atoms with Crippen molar-refractivity contribution in [2.75, 3.05) is 5.32 Å². The maximum Gasteiger partial charge on any atom is 0.255 e. The number of carbonyl (C=O) groups excluding carboxylic acids is 1. The van der Waals surface area contributed by atoms with Gasteiger partial charge in [-0.05, 0) is 42.5 Å². The molecule has 2 aromatic carbocycles. The highest BCUT2D eigenvalue weighted by atomic mass is 79.9. The maximum absolute atomic E-state index is 12.0. The Labute approximate surface area is 123 Å². The lowest BCUT2D eigenvalue weighted by Gasteiger charge is -2.07. The van der Waals surface area contributed by atoms with Crippen molar-refractivity contribution >= 4 is 39.1 Å². The molecule has 0 aliphatic rings. The summed E-state index contributed by atoms with van der Waals surface area (Å²) in [5.74, 6) is -0.274. The molecule has 0 radical (unpaired) electrons. The van der Waals surface area contributed by atoms with Gasteiger partial charge in [0, 0.05) is 10.0 Å². The van der Waals surface area contributed by atoms with Gasteiger partial charge < -0.3 is 5.32 Å². The van der Waals surface area contributed by atoms with Crippen molar-refractivity contribution in [1.82, 2.24) is 0 Å². The maximum atomic E-state index is 12.0. The molecule has 0 saturated carbocycles. The van der Waals surface area contributed by atoms with E-state index in [2.05, 4.69) is 21.2 Å². The molecule has 2 rings (SSSR count). The van der Waals surface area contributed by atoms with Crippen LogP contribution in [0.5, 0.6) is 0 Å². The van der Waals surface area contributed by atoms with Crippen molar-refractivity contribution in [1.29, 1.82) is 5.26 Å². The highest BCUT2D eigenvalue weighted by Crippen LogP contribution is 2.23. The zero-order chi connectivity index (χ0) is 13.8. The smallest absolute Gasteiger partial charge is 0.255 e. The molecule has 0 heterocycles. The van der Waals surface area contributed by atoms with Gasteiger partial charge in [-0.25, -0.2) is 0 Å². The van der Waals surface area contributed by atoms with E-state index in [0.29, 0.717) is 21.8 Å². The van der Waals surface area contributed by atoms with Gasteiger partial charge in [-0.15, -0.1) is 0 Å². The predicted octanol–water partition coefficient (Wildman–Crippen LogP) is 4.23. The highest BCUT2D eigenvalue weighted by molar-refractivity contribution is 9.10. The van der Waals surface area contributed by atoms with Crippen molar-refractivity contribution in [2.45, 2.75) is 0 Å². The Morgan fingerprint density at radius 3 is 2.53 bits per heavy atom. The molecule has 0 spiro atoms. The van der Waals surface area contributed by atoms with Crippen molar-refractivity contribution in [3.63, 3.8) is 0 Å². The summed E-state index contributed by atoms with van der Waals surface area (Å²) in [5, 5.41) is 11.9. The van der Waals surface area contributed by atoms with Crippen LogP contribution < -0.4 is 5.32 Å². The average molecular weight is 336 g/mol. The fourth-order valence-corrected chi connectivity index (χ4v) is 1.92. The van der Waals surface area contributed by atoms with E-state index in [0.717, 1.165) is 4.47 Å². The van der Waals surface area contributed by atoms with Crippen LogP contribution in [0.4, 0.5) is 5.69 Å². The fourth-order valence-electron chi connectivity index (χ4n) is 1.49. The summed E-state index contributed by atoms with van der Waals surface area (Å²) in [6, 6.07) is 13.7. The molecule has 94 valence electrons. The molecule has 0 fully saturated rings. The molecule has 0 aliphatic carbocycles. The normalized spacial score (nSPS) is 9.74. The first kappa shape index (κ1) is 13.6. The van der Waals surface area contributed by atoms with Gasteiger partial charge in [0.2, 0.25) is 0 Å². The molecule has 1 amide bonds. The third-order valence-electron chi connectivity index (χ3n) is 2.45. The summed E-state index contributed by atoms with van der Waals surface area (Å²) in [5.41, 5.74) is 1.38. The standard InChI is InChI=1S/C14H8BrClN2O/c15-11-4-2-10(3-5-11)14(19)18-13-7-9(8-17)1-6-12(13)16/h1-7H,(H,18,19). The van der Waals surface area contributed by atoms with Crippen LogP contribution in [-0.2, 0) is 0 Å². The second-order valence-corrected chi connectivity index (χ2v) is 5.09. The van der Waals surface area contributed by atoms with Crippen LogP contribution >= 0.6 is 27.5 Å². The van der Waals surface area contributed by atoms with Crippen LogP contribution in [0.25, 0.3) is 0 Å². The van der Waals surface area contributed by atoms with Crippen LogP contribution in [0.3, 0.4) is 0 Å². The molecule has 0 unspecified atom stereocenters. The lowest BCUT2D eigenvalue weighted by molar-refractivity contribution is 0.102. The first-order chi connectivity index (χ1) is 9.10. The van der Waals surface area contributed by atoms with E-state index in [1.54, 1.807) is 42.5 Å². The topological polar surface area (TPSA) is 52.9 Å². The Morgan fingerprint density at radius 1 is 1.21 bits per heavy atom. The van der Waals surface area contributed by atoms with Crippen LogP contribution in [0.15, 0.2) is 46.9 Å². The summed E-state index contributed by atoms with van der Waals surface area (Å²) in [6.07, 6.45) is 0. The zero-order valence-electron chi connectivity index (χ0n) is 9.65. The molecule has 0 aromatic heterocycles. The fraction of sp³-hybridized carbons (Fsp3) is 0. The zero-order valence-corrected chi connectivity index (χ0v) is 12.0. The number of nitriles is 1. The Bertz CT molecular complexity index is 662. The van der Waals surface area contributed by atoms with Crippen molar-refractivity contribution in [2.24, 2.45) is 0 Å². The third kappa shape index (κ3) is 3.34. The van der Waals surface area contributed by atoms with E-state index >= 15 is 0 Å². The number of hydrogen-bond donors (Lipinski definition) is 1.